The summed E-state index contributed by atoms with van der Waals surface area (Å²) in [6.07, 6.45) is 4.11. The molecule has 0 bridgehead atoms. The lowest BCUT2D eigenvalue weighted by Crippen LogP contribution is -2.54. The molecule has 7 nitrogen and oxygen atoms in total. The van der Waals surface area contributed by atoms with Crippen LogP contribution in [0, 0.1) is 12.7 Å². The standard InChI is InChI=1S/C24H34FN5O2/c1-16-7-8-20(25)19-14-21(27-23(16)19)24(32)26-17-5-4-6-18(13-17)30-11-9-29(10-12-30)15-22(31)28(2)3/h7-8,14,17-18,27H,4-6,9-13,15H2,1-3H3,(H,26,32)/t17-,18?/m1/s1. The van der Waals surface area contributed by atoms with Crippen molar-refractivity contribution in [3.63, 3.8) is 0 Å². The SMILES string of the molecule is Cc1ccc(F)c2cc(C(=O)N[C@@H]3CCCC(N4CCN(CC(=O)N(C)C)CC4)C3)[nH]c12. The molecule has 0 spiro atoms. The molecule has 1 aliphatic heterocycles. The van der Waals surface area contributed by atoms with Crippen molar-refractivity contribution in [3.05, 3.63) is 35.3 Å². The molecule has 32 heavy (non-hydrogen) atoms. The maximum atomic E-state index is 14.1. The van der Waals surface area contributed by atoms with E-state index in [1.54, 1.807) is 31.1 Å². The zero-order chi connectivity index (χ0) is 22.8. The zero-order valence-corrected chi connectivity index (χ0v) is 19.3. The molecule has 4 rings (SSSR count). The fourth-order valence-electron chi connectivity index (χ4n) is 4.96. The van der Waals surface area contributed by atoms with Crippen molar-refractivity contribution in [3.8, 4) is 0 Å². The Kier molecular flexibility index (Phi) is 6.81. The van der Waals surface area contributed by atoms with E-state index < -0.39 is 0 Å². The molecule has 2 fully saturated rings. The number of fused-ring (bicyclic) bond motifs is 1. The molecule has 1 aromatic heterocycles. The fourth-order valence-corrected chi connectivity index (χ4v) is 4.96. The number of hydrogen-bond donors (Lipinski definition) is 2. The molecule has 2 aromatic rings. The first kappa shape index (κ1) is 22.7. The number of aromatic nitrogens is 1. The van der Waals surface area contributed by atoms with E-state index in [0.717, 1.165) is 57.4 Å². The number of aromatic amines is 1. The highest BCUT2D eigenvalue weighted by molar-refractivity contribution is 5.99. The quantitative estimate of drug-likeness (QED) is 0.744. The van der Waals surface area contributed by atoms with E-state index in [9.17, 15) is 14.0 Å². The molecule has 2 heterocycles. The van der Waals surface area contributed by atoms with E-state index in [1.165, 1.54) is 6.07 Å². The number of piperazine rings is 1. The molecule has 1 unspecified atom stereocenters. The number of nitrogens with one attached hydrogen (secondary N) is 2. The number of nitrogens with zero attached hydrogens (tertiary/aromatic N) is 3. The largest absolute Gasteiger partial charge is 0.350 e. The third-order valence-electron chi connectivity index (χ3n) is 6.96. The van der Waals surface area contributed by atoms with Crippen LogP contribution in [0.5, 0.6) is 0 Å². The molecule has 1 saturated heterocycles. The predicted octanol–water partition coefficient (Wildman–Crippen LogP) is 2.36. The Morgan fingerprint density at radius 1 is 1.19 bits per heavy atom. The molecule has 1 saturated carbocycles. The molecule has 174 valence electrons. The van der Waals surface area contributed by atoms with Gasteiger partial charge in [0, 0.05) is 57.7 Å². The minimum absolute atomic E-state index is 0.118. The number of carbonyl (C=O) groups is 2. The third kappa shape index (κ3) is 4.96. The van der Waals surface area contributed by atoms with Gasteiger partial charge in [-0.25, -0.2) is 4.39 Å². The highest BCUT2D eigenvalue weighted by Gasteiger charge is 2.30. The summed E-state index contributed by atoms with van der Waals surface area (Å²) in [4.78, 5) is 34.3. The van der Waals surface area contributed by atoms with Gasteiger partial charge < -0.3 is 15.2 Å². The monoisotopic (exact) mass is 443 g/mol. The molecule has 2 atom stereocenters. The highest BCUT2D eigenvalue weighted by Crippen LogP contribution is 2.26. The van der Waals surface area contributed by atoms with E-state index in [1.807, 2.05) is 6.92 Å². The number of amides is 2. The Hall–Kier alpha value is -2.45. The molecule has 2 aliphatic rings. The Morgan fingerprint density at radius 2 is 1.94 bits per heavy atom. The summed E-state index contributed by atoms with van der Waals surface area (Å²) >= 11 is 0. The van der Waals surface area contributed by atoms with Crippen LogP contribution in [-0.4, -0.2) is 90.4 Å². The van der Waals surface area contributed by atoms with Crippen molar-refractivity contribution in [2.24, 2.45) is 0 Å². The number of benzene rings is 1. The lowest BCUT2D eigenvalue weighted by Gasteiger charge is -2.42. The topological polar surface area (TPSA) is 71.7 Å². The molecule has 2 N–H and O–H groups in total. The van der Waals surface area contributed by atoms with Crippen LogP contribution in [0.15, 0.2) is 18.2 Å². The summed E-state index contributed by atoms with van der Waals surface area (Å²) in [5, 5.41) is 3.63. The molecule has 2 amide bonds. The number of rotatable bonds is 5. The van der Waals surface area contributed by atoms with Crippen molar-refractivity contribution in [2.45, 2.75) is 44.7 Å². The number of aryl methyl sites for hydroxylation is 1. The van der Waals surface area contributed by atoms with Gasteiger partial charge in [-0.05, 0) is 50.3 Å². The van der Waals surface area contributed by atoms with Gasteiger partial charge in [-0.2, -0.15) is 0 Å². The number of carbonyl (C=O) groups excluding carboxylic acids is 2. The average molecular weight is 444 g/mol. The van der Waals surface area contributed by atoms with Gasteiger partial charge in [0.2, 0.25) is 5.91 Å². The molecular formula is C24H34FN5O2. The average Bonchev–Trinajstić information content (AvgIpc) is 3.24. The summed E-state index contributed by atoms with van der Waals surface area (Å²) in [6.45, 7) is 6.08. The van der Waals surface area contributed by atoms with Crippen molar-refractivity contribution in [1.29, 1.82) is 0 Å². The van der Waals surface area contributed by atoms with Gasteiger partial charge in [-0.1, -0.05) is 6.07 Å². The van der Waals surface area contributed by atoms with E-state index in [4.69, 9.17) is 0 Å². The number of likely N-dealkylation sites (N-methyl/N-ethyl adjacent to an activating group) is 1. The first-order valence-corrected chi connectivity index (χ1v) is 11.6. The number of H-pyrrole nitrogens is 1. The molecule has 1 aliphatic carbocycles. The second kappa shape index (κ2) is 9.58. The van der Waals surface area contributed by atoms with Crippen molar-refractivity contribution in [1.82, 2.24) is 25.0 Å². The van der Waals surface area contributed by atoms with E-state index >= 15 is 0 Å². The van der Waals surface area contributed by atoms with Gasteiger partial charge in [-0.15, -0.1) is 0 Å². The number of hydrogen-bond acceptors (Lipinski definition) is 4. The van der Waals surface area contributed by atoms with Gasteiger partial charge in [0.15, 0.2) is 0 Å². The van der Waals surface area contributed by atoms with Crippen LogP contribution in [-0.2, 0) is 4.79 Å². The zero-order valence-electron chi connectivity index (χ0n) is 19.3. The third-order valence-corrected chi connectivity index (χ3v) is 6.96. The van der Waals surface area contributed by atoms with Gasteiger partial charge >= 0.3 is 0 Å². The van der Waals surface area contributed by atoms with Crippen LogP contribution in [0.4, 0.5) is 4.39 Å². The summed E-state index contributed by atoms with van der Waals surface area (Å²) in [5.74, 6) is -0.339. The Balaban J connectivity index is 1.32. The molecule has 1 aromatic carbocycles. The van der Waals surface area contributed by atoms with Crippen LogP contribution < -0.4 is 5.32 Å². The lowest BCUT2D eigenvalue weighted by molar-refractivity contribution is -0.130. The van der Waals surface area contributed by atoms with Crippen molar-refractivity contribution >= 4 is 22.7 Å². The van der Waals surface area contributed by atoms with Crippen LogP contribution in [0.2, 0.25) is 0 Å². The second-order valence-electron chi connectivity index (χ2n) is 9.43. The van der Waals surface area contributed by atoms with Crippen molar-refractivity contribution in [2.75, 3.05) is 46.8 Å². The number of halogens is 1. The highest BCUT2D eigenvalue weighted by atomic mass is 19.1. The van der Waals surface area contributed by atoms with Gasteiger partial charge in [0.05, 0.1) is 12.1 Å². The predicted molar refractivity (Wildman–Crippen MR) is 123 cm³/mol. The van der Waals surface area contributed by atoms with Crippen molar-refractivity contribution < 1.29 is 14.0 Å². The normalized spacial score (nSPS) is 22.8. The van der Waals surface area contributed by atoms with Crippen LogP contribution in [0.1, 0.15) is 41.7 Å². The summed E-state index contributed by atoms with van der Waals surface area (Å²) in [7, 11) is 3.59. The first-order valence-electron chi connectivity index (χ1n) is 11.6. The summed E-state index contributed by atoms with van der Waals surface area (Å²) in [6, 6.07) is 5.34. The van der Waals surface area contributed by atoms with E-state index in [2.05, 4.69) is 20.1 Å². The van der Waals surface area contributed by atoms with Gasteiger partial charge in [-0.3, -0.25) is 19.4 Å². The van der Waals surface area contributed by atoms with Crippen LogP contribution >= 0.6 is 0 Å². The molecular weight excluding hydrogens is 409 g/mol. The Bertz CT molecular complexity index is 941. The van der Waals surface area contributed by atoms with Gasteiger partial charge in [0.25, 0.3) is 5.91 Å². The minimum Gasteiger partial charge on any atom is -0.350 e. The molecule has 8 heteroatoms. The summed E-state index contributed by atoms with van der Waals surface area (Å²) in [5.41, 5.74) is 2.02. The van der Waals surface area contributed by atoms with Crippen LogP contribution in [0.25, 0.3) is 10.9 Å². The lowest BCUT2D eigenvalue weighted by atomic mass is 9.89. The maximum Gasteiger partial charge on any atom is 0.267 e. The second-order valence-corrected chi connectivity index (χ2v) is 9.43. The van der Waals surface area contributed by atoms with Gasteiger partial charge in [0.1, 0.15) is 11.5 Å². The van der Waals surface area contributed by atoms with Crippen LogP contribution in [0.3, 0.4) is 0 Å². The molecule has 0 radical (unpaired) electrons. The first-order chi connectivity index (χ1) is 15.3. The Labute approximate surface area is 188 Å². The Morgan fingerprint density at radius 3 is 2.62 bits per heavy atom. The minimum atomic E-state index is -0.315. The van der Waals surface area contributed by atoms with E-state index in [0.29, 0.717) is 29.2 Å². The fraction of sp³-hybridized carbons (Fsp3) is 0.583. The smallest absolute Gasteiger partial charge is 0.267 e. The maximum absolute atomic E-state index is 14.1. The summed E-state index contributed by atoms with van der Waals surface area (Å²) < 4.78 is 14.1. The van der Waals surface area contributed by atoms with E-state index in [-0.39, 0.29) is 23.7 Å².